The SMILES string of the molecule is CC(C)n1cc(-c2ccc(Cl)c(CC[C@@H](CNc3ccc(-c4nncn4C)cc3)NC(=O)OC(C)C(F)(F)F)c2)ccc1=O. The van der Waals surface area contributed by atoms with Gasteiger partial charge in [0.25, 0.3) is 5.56 Å². The summed E-state index contributed by atoms with van der Waals surface area (Å²) in [4.78, 5) is 24.7. The van der Waals surface area contributed by atoms with Gasteiger partial charge >= 0.3 is 12.3 Å². The summed E-state index contributed by atoms with van der Waals surface area (Å²) in [6, 6.07) is 15.6. The lowest BCUT2D eigenvalue weighted by Crippen LogP contribution is -2.43. The Hall–Kier alpha value is -4.32. The molecule has 44 heavy (non-hydrogen) atoms. The van der Waals surface area contributed by atoms with Crippen LogP contribution in [-0.4, -0.2) is 50.3 Å². The number of ether oxygens (including phenoxy) is 1. The van der Waals surface area contributed by atoms with Crippen molar-refractivity contribution in [2.45, 2.75) is 58.0 Å². The summed E-state index contributed by atoms with van der Waals surface area (Å²) in [5.41, 5.74) is 3.95. The molecule has 2 atom stereocenters. The minimum absolute atomic E-state index is 0.0172. The van der Waals surface area contributed by atoms with Crippen molar-refractivity contribution in [1.82, 2.24) is 24.6 Å². The second-order valence-electron chi connectivity index (χ2n) is 10.8. The number of aryl methyl sites for hydroxylation is 2. The van der Waals surface area contributed by atoms with Crippen LogP contribution in [-0.2, 0) is 18.2 Å². The van der Waals surface area contributed by atoms with Crippen molar-refractivity contribution < 1.29 is 22.7 Å². The Balaban J connectivity index is 1.49. The number of nitrogens with zero attached hydrogens (tertiary/aromatic N) is 4. The van der Waals surface area contributed by atoms with Gasteiger partial charge in [-0.2, -0.15) is 13.2 Å². The molecule has 0 spiro atoms. The van der Waals surface area contributed by atoms with Crippen LogP contribution in [0.3, 0.4) is 0 Å². The van der Waals surface area contributed by atoms with E-state index < -0.39 is 24.4 Å². The van der Waals surface area contributed by atoms with Crippen molar-refractivity contribution in [1.29, 1.82) is 0 Å². The molecule has 234 valence electrons. The first-order valence-electron chi connectivity index (χ1n) is 14.0. The molecule has 4 aromatic rings. The Morgan fingerprint density at radius 1 is 1.02 bits per heavy atom. The van der Waals surface area contributed by atoms with Crippen molar-refractivity contribution in [3.63, 3.8) is 0 Å². The smallest absolute Gasteiger partial charge is 0.425 e. The summed E-state index contributed by atoms with van der Waals surface area (Å²) >= 11 is 6.52. The molecule has 0 radical (unpaired) electrons. The molecule has 2 aromatic carbocycles. The summed E-state index contributed by atoms with van der Waals surface area (Å²) in [5.74, 6) is 0.694. The largest absolute Gasteiger partial charge is 0.437 e. The second kappa shape index (κ2) is 14.0. The molecule has 0 aliphatic carbocycles. The van der Waals surface area contributed by atoms with E-state index >= 15 is 0 Å². The number of anilines is 1. The molecule has 0 bridgehead atoms. The van der Waals surface area contributed by atoms with E-state index in [1.165, 1.54) is 6.07 Å². The number of nitrogens with one attached hydrogen (secondary N) is 2. The van der Waals surface area contributed by atoms with E-state index in [0.717, 1.165) is 34.9 Å². The molecular formula is C31H34ClF3N6O3. The van der Waals surface area contributed by atoms with E-state index in [-0.39, 0.29) is 18.1 Å². The lowest BCUT2D eigenvalue weighted by Gasteiger charge is -2.22. The van der Waals surface area contributed by atoms with Crippen molar-refractivity contribution in [3.05, 3.63) is 88.1 Å². The highest BCUT2D eigenvalue weighted by molar-refractivity contribution is 6.31. The van der Waals surface area contributed by atoms with Crippen LogP contribution in [0.5, 0.6) is 0 Å². The number of carbonyl (C=O) groups is 1. The number of alkyl carbamates (subject to hydrolysis) is 1. The molecule has 9 nitrogen and oxygen atoms in total. The van der Waals surface area contributed by atoms with Gasteiger partial charge < -0.3 is 24.5 Å². The quantitative estimate of drug-likeness (QED) is 0.193. The maximum atomic E-state index is 13.0. The van der Waals surface area contributed by atoms with Gasteiger partial charge in [-0.25, -0.2) is 4.79 Å². The third-order valence-electron chi connectivity index (χ3n) is 7.11. The first-order chi connectivity index (χ1) is 20.8. The third-order valence-corrected chi connectivity index (χ3v) is 7.48. The maximum Gasteiger partial charge on any atom is 0.425 e. The lowest BCUT2D eigenvalue weighted by molar-refractivity contribution is -0.197. The fourth-order valence-corrected chi connectivity index (χ4v) is 4.74. The number of pyridine rings is 1. The average Bonchev–Trinajstić information content (AvgIpc) is 3.40. The van der Waals surface area contributed by atoms with E-state index in [1.807, 2.05) is 57.3 Å². The standard InChI is InChI=1S/C31H34ClF3N6O3/c1-19(2)41-17-24(9-14-28(41)42)22-8-13-27(32)23(15-22)7-12-26(38-30(43)44-20(3)31(33,34)35)16-36-25-10-5-21(6-11-25)29-39-37-18-40(29)4/h5-6,8-11,13-15,17-20,26,36H,7,12,16H2,1-4H3,(H,38,43)/t20?,26-/m0/s1. The lowest BCUT2D eigenvalue weighted by atomic mass is 9.99. The van der Waals surface area contributed by atoms with Crippen molar-refractivity contribution in [2.75, 3.05) is 11.9 Å². The zero-order valence-corrected chi connectivity index (χ0v) is 25.5. The molecule has 0 saturated heterocycles. The third kappa shape index (κ3) is 8.40. The molecule has 1 unspecified atom stereocenters. The molecule has 2 N–H and O–H groups in total. The minimum atomic E-state index is -4.68. The number of aromatic nitrogens is 4. The fourth-order valence-electron chi connectivity index (χ4n) is 4.53. The summed E-state index contributed by atoms with van der Waals surface area (Å²) in [6.45, 7) is 4.83. The Kier molecular flexibility index (Phi) is 10.4. The highest BCUT2D eigenvalue weighted by atomic mass is 35.5. The minimum Gasteiger partial charge on any atom is -0.437 e. The normalized spacial score (nSPS) is 13.0. The van der Waals surface area contributed by atoms with Gasteiger partial charge in [0.15, 0.2) is 11.9 Å². The van der Waals surface area contributed by atoms with Gasteiger partial charge in [-0.1, -0.05) is 17.7 Å². The zero-order chi connectivity index (χ0) is 32.0. The molecule has 4 rings (SSSR count). The van der Waals surface area contributed by atoms with Gasteiger partial charge in [0.2, 0.25) is 0 Å². The molecule has 0 aliphatic heterocycles. The summed E-state index contributed by atoms with van der Waals surface area (Å²) in [5, 5.41) is 14.3. The monoisotopic (exact) mass is 630 g/mol. The van der Waals surface area contributed by atoms with Gasteiger partial charge in [-0.15, -0.1) is 10.2 Å². The molecule has 0 aliphatic rings. The predicted molar refractivity (Wildman–Crippen MR) is 164 cm³/mol. The second-order valence-corrected chi connectivity index (χ2v) is 11.2. The van der Waals surface area contributed by atoms with Gasteiger partial charge in [0.1, 0.15) is 6.33 Å². The van der Waals surface area contributed by atoms with Gasteiger partial charge in [-0.3, -0.25) is 4.79 Å². The molecule has 1 amide bonds. The predicted octanol–water partition coefficient (Wildman–Crippen LogP) is 6.64. The molecule has 2 aromatic heterocycles. The molecule has 0 fully saturated rings. The van der Waals surface area contributed by atoms with Crippen LogP contribution in [0, 0.1) is 0 Å². The molecule has 13 heteroatoms. The summed E-state index contributed by atoms with van der Waals surface area (Å²) in [7, 11) is 1.84. The van der Waals surface area contributed by atoms with Crippen LogP contribution in [0.2, 0.25) is 5.02 Å². The van der Waals surface area contributed by atoms with Crippen LogP contribution in [0.4, 0.5) is 23.7 Å². The van der Waals surface area contributed by atoms with Crippen molar-refractivity contribution >= 4 is 23.4 Å². The summed E-state index contributed by atoms with van der Waals surface area (Å²) < 4.78 is 47.0. The van der Waals surface area contributed by atoms with Crippen LogP contribution < -0.4 is 16.2 Å². The van der Waals surface area contributed by atoms with Gasteiger partial charge in [0, 0.05) is 54.2 Å². The van der Waals surface area contributed by atoms with E-state index in [2.05, 4.69) is 25.6 Å². The van der Waals surface area contributed by atoms with E-state index in [9.17, 15) is 22.8 Å². The first-order valence-corrected chi connectivity index (χ1v) is 14.4. The van der Waals surface area contributed by atoms with E-state index in [4.69, 9.17) is 11.6 Å². The van der Waals surface area contributed by atoms with Crippen LogP contribution in [0.1, 0.15) is 38.8 Å². The van der Waals surface area contributed by atoms with Gasteiger partial charge in [-0.05, 0) is 92.8 Å². The molecule has 2 heterocycles. The zero-order valence-electron chi connectivity index (χ0n) is 24.7. The van der Waals surface area contributed by atoms with Crippen LogP contribution in [0.25, 0.3) is 22.5 Å². The van der Waals surface area contributed by atoms with Crippen LogP contribution >= 0.6 is 11.6 Å². The Morgan fingerprint density at radius 3 is 2.34 bits per heavy atom. The summed E-state index contributed by atoms with van der Waals surface area (Å²) in [6.07, 6.45) is -3.97. The number of amides is 1. The Bertz CT molecular complexity index is 1640. The van der Waals surface area contributed by atoms with Gasteiger partial charge in [0.05, 0.1) is 0 Å². The highest BCUT2D eigenvalue weighted by Crippen LogP contribution is 2.27. The number of benzene rings is 2. The molecular weight excluding hydrogens is 597 g/mol. The van der Waals surface area contributed by atoms with E-state index in [1.54, 1.807) is 33.8 Å². The topological polar surface area (TPSA) is 103 Å². The van der Waals surface area contributed by atoms with Crippen molar-refractivity contribution in [2.24, 2.45) is 7.05 Å². The fraction of sp³-hybridized carbons (Fsp3) is 0.355. The highest BCUT2D eigenvalue weighted by Gasteiger charge is 2.39. The van der Waals surface area contributed by atoms with Crippen molar-refractivity contribution in [3.8, 4) is 22.5 Å². The maximum absolute atomic E-state index is 13.0. The number of hydrogen-bond acceptors (Lipinski definition) is 6. The Labute approximate surface area is 258 Å². The number of carbonyl (C=O) groups excluding carboxylic acids is 1. The van der Waals surface area contributed by atoms with E-state index in [0.29, 0.717) is 23.7 Å². The Morgan fingerprint density at radius 2 is 1.70 bits per heavy atom. The molecule has 0 saturated carbocycles. The van der Waals surface area contributed by atoms with Crippen LogP contribution in [0.15, 0.2) is 71.9 Å². The number of hydrogen-bond donors (Lipinski definition) is 2. The number of rotatable bonds is 11. The average molecular weight is 631 g/mol. The number of halogens is 4. The number of alkyl halides is 3. The first kappa shape index (κ1) is 32.6.